The van der Waals surface area contributed by atoms with Crippen LogP contribution in [0.4, 0.5) is 0 Å². The Morgan fingerprint density at radius 2 is 1.84 bits per heavy atom. The van der Waals surface area contributed by atoms with Crippen molar-refractivity contribution in [1.82, 2.24) is 15.1 Å². The Morgan fingerprint density at radius 1 is 1.08 bits per heavy atom. The second-order valence-corrected chi connectivity index (χ2v) is 7.14. The molecular formula is C20H29N3O2. The van der Waals surface area contributed by atoms with Crippen LogP contribution in [0, 0.1) is 0 Å². The number of hydrogen-bond donors (Lipinski definition) is 1. The number of rotatable bonds is 6. The maximum Gasteiger partial charge on any atom is 0.234 e. The van der Waals surface area contributed by atoms with E-state index in [4.69, 9.17) is 0 Å². The van der Waals surface area contributed by atoms with Crippen LogP contribution < -0.4 is 5.32 Å². The molecular weight excluding hydrogens is 314 g/mol. The molecule has 0 spiro atoms. The second kappa shape index (κ2) is 8.48. The molecule has 0 saturated carbocycles. The lowest BCUT2D eigenvalue weighted by Gasteiger charge is -2.34. The number of aryl methyl sites for hydroxylation is 2. The maximum absolute atomic E-state index is 12.6. The predicted octanol–water partition coefficient (Wildman–Crippen LogP) is 1.39. The molecule has 1 heterocycles. The van der Waals surface area contributed by atoms with E-state index in [1.807, 2.05) is 11.8 Å². The summed E-state index contributed by atoms with van der Waals surface area (Å²) in [6.07, 6.45) is 5.01. The topological polar surface area (TPSA) is 52.7 Å². The number of nitrogens with one attached hydrogen (secondary N) is 1. The molecule has 2 amide bonds. The lowest BCUT2D eigenvalue weighted by atomic mass is 10.0. The van der Waals surface area contributed by atoms with Gasteiger partial charge in [0.1, 0.15) is 0 Å². The Hall–Kier alpha value is -1.88. The fraction of sp³-hybridized carbons (Fsp3) is 0.600. The van der Waals surface area contributed by atoms with Gasteiger partial charge in [0.2, 0.25) is 11.8 Å². The molecule has 1 aromatic carbocycles. The maximum atomic E-state index is 12.6. The van der Waals surface area contributed by atoms with Gasteiger partial charge in [0.25, 0.3) is 0 Å². The smallest absolute Gasteiger partial charge is 0.234 e. The van der Waals surface area contributed by atoms with Crippen LogP contribution in [0.25, 0.3) is 0 Å². The Kier molecular flexibility index (Phi) is 6.08. The minimum absolute atomic E-state index is 0.0831. The minimum atomic E-state index is 0.0831. The summed E-state index contributed by atoms with van der Waals surface area (Å²) < 4.78 is 0. The molecule has 1 aliphatic heterocycles. The van der Waals surface area contributed by atoms with Crippen LogP contribution in [0.3, 0.4) is 0 Å². The summed E-state index contributed by atoms with van der Waals surface area (Å²) in [4.78, 5) is 28.4. The van der Waals surface area contributed by atoms with Gasteiger partial charge in [-0.2, -0.15) is 0 Å². The molecule has 136 valence electrons. The van der Waals surface area contributed by atoms with Crippen molar-refractivity contribution in [2.45, 2.75) is 39.0 Å². The average Bonchev–Trinajstić information content (AvgIpc) is 3.08. The molecule has 5 heteroatoms. The van der Waals surface area contributed by atoms with E-state index >= 15 is 0 Å². The Morgan fingerprint density at radius 3 is 2.60 bits per heavy atom. The predicted molar refractivity (Wildman–Crippen MR) is 98.5 cm³/mol. The molecule has 0 aromatic heterocycles. The van der Waals surface area contributed by atoms with E-state index in [9.17, 15) is 9.59 Å². The van der Waals surface area contributed by atoms with Gasteiger partial charge in [-0.1, -0.05) is 25.1 Å². The molecule has 1 saturated heterocycles. The second-order valence-electron chi connectivity index (χ2n) is 7.14. The zero-order valence-corrected chi connectivity index (χ0v) is 15.2. The Bertz CT molecular complexity index is 621. The average molecular weight is 343 g/mol. The molecule has 1 aliphatic carbocycles. The minimum Gasteiger partial charge on any atom is -0.355 e. The molecule has 25 heavy (non-hydrogen) atoms. The van der Waals surface area contributed by atoms with Crippen LogP contribution >= 0.6 is 0 Å². The van der Waals surface area contributed by atoms with Crippen molar-refractivity contribution in [3.05, 3.63) is 34.9 Å². The van der Waals surface area contributed by atoms with Crippen molar-refractivity contribution in [2.24, 2.45) is 0 Å². The summed E-state index contributed by atoms with van der Waals surface area (Å²) in [5.74, 6) is 0.285. The third-order valence-corrected chi connectivity index (χ3v) is 5.18. The van der Waals surface area contributed by atoms with Crippen LogP contribution in [0.5, 0.6) is 0 Å². The number of benzene rings is 1. The molecule has 0 bridgehead atoms. The molecule has 0 radical (unpaired) electrons. The van der Waals surface area contributed by atoms with Gasteiger partial charge >= 0.3 is 0 Å². The summed E-state index contributed by atoms with van der Waals surface area (Å²) in [6, 6.07) is 6.52. The third kappa shape index (κ3) is 4.82. The molecule has 0 atom stereocenters. The van der Waals surface area contributed by atoms with E-state index < -0.39 is 0 Å². The molecule has 1 fully saturated rings. The highest BCUT2D eigenvalue weighted by Crippen LogP contribution is 2.23. The quantitative estimate of drug-likeness (QED) is 0.849. The van der Waals surface area contributed by atoms with Crippen LogP contribution in [0.15, 0.2) is 18.2 Å². The zero-order valence-electron chi connectivity index (χ0n) is 15.2. The zero-order chi connectivity index (χ0) is 17.6. The molecule has 3 rings (SSSR count). The fourth-order valence-corrected chi connectivity index (χ4v) is 3.70. The van der Waals surface area contributed by atoms with Gasteiger partial charge in [-0.15, -0.1) is 0 Å². The standard InChI is InChI=1S/C20H29N3O2/c1-2-8-21-19(24)15-22-9-11-23(12-10-22)20(25)14-16-6-7-17-4-3-5-18(17)13-16/h6-7,13H,2-5,8-12,14-15H2,1H3,(H,21,24). The highest BCUT2D eigenvalue weighted by Gasteiger charge is 2.22. The van der Waals surface area contributed by atoms with Crippen LogP contribution in [0.2, 0.25) is 0 Å². The SMILES string of the molecule is CCCNC(=O)CN1CCN(C(=O)Cc2ccc3c(c2)CCC3)CC1. The Balaban J connectivity index is 1.44. The van der Waals surface area contributed by atoms with Crippen molar-refractivity contribution in [3.63, 3.8) is 0 Å². The summed E-state index contributed by atoms with van der Waals surface area (Å²) in [7, 11) is 0. The van der Waals surface area contributed by atoms with Crippen molar-refractivity contribution in [3.8, 4) is 0 Å². The van der Waals surface area contributed by atoms with Gasteiger partial charge in [-0.25, -0.2) is 0 Å². The van der Waals surface area contributed by atoms with Gasteiger partial charge in [-0.3, -0.25) is 14.5 Å². The molecule has 5 nitrogen and oxygen atoms in total. The molecule has 0 unspecified atom stereocenters. The van der Waals surface area contributed by atoms with Gasteiger partial charge in [0.15, 0.2) is 0 Å². The van der Waals surface area contributed by atoms with Gasteiger partial charge < -0.3 is 10.2 Å². The first-order valence-corrected chi connectivity index (χ1v) is 9.53. The number of carbonyl (C=O) groups is 2. The fourth-order valence-electron chi connectivity index (χ4n) is 3.70. The van der Waals surface area contributed by atoms with E-state index in [2.05, 4.69) is 28.4 Å². The third-order valence-electron chi connectivity index (χ3n) is 5.18. The van der Waals surface area contributed by atoms with Crippen LogP contribution in [-0.4, -0.2) is 60.9 Å². The van der Waals surface area contributed by atoms with Crippen LogP contribution in [-0.2, 0) is 28.9 Å². The first kappa shape index (κ1) is 17.9. The van der Waals surface area contributed by atoms with Crippen molar-refractivity contribution in [1.29, 1.82) is 0 Å². The lowest BCUT2D eigenvalue weighted by molar-refractivity contribution is -0.132. The first-order valence-electron chi connectivity index (χ1n) is 9.53. The molecule has 1 aromatic rings. The number of amides is 2. The molecule has 2 aliphatic rings. The largest absolute Gasteiger partial charge is 0.355 e. The van der Waals surface area contributed by atoms with E-state index in [1.54, 1.807) is 0 Å². The number of fused-ring (bicyclic) bond motifs is 1. The number of hydrogen-bond acceptors (Lipinski definition) is 3. The normalized spacial score (nSPS) is 17.4. The van der Waals surface area contributed by atoms with E-state index in [0.717, 1.165) is 38.0 Å². The van der Waals surface area contributed by atoms with Crippen molar-refractivity contribution in [2.75, 3.05) is 39.3 Å². The number of carbonyl (C=O) groups excluding carboxylic acids is 2. The summed E-state index contributed by atoms with van der Waals surface area (Å²) in [5.41, 5.74) is 4.01. The lowest BCUT2D eigenvalue weighted by Crippen LogP contribution is -2.51. The highest BCUT2D eigenvalue weighted by atomic mass is 16.2. The van der Waals surface area contributed by atoms with Crippen LogP contribution in [0.1, 0.15) is 36.5 Å². The molecule has 1 N–H and O–H groups in total. The van der Waals surface area contributed by atoms with Gasteiger partial charge in [0, 0.05) is 32.7 Å². The summed E-state index contributed by atoms with van der Waals surface area (Å²) >= 11 is 0. The van der Waals surface area contributed by atoms with Crippen molar-refractivity contribution < 1.29 is 9.59 Å². The Labute approximate surface area is 150 Å². The van der Waals surface area contributed by atoms with Gasteiger partial charge in [0.05, 0.1) is 13.0 Å². The first-order chi connectivity index (χ1) is 12.2. The van der Waals surface area contributed by atoms with E-state index in [-0.39, 0.29) is 11.8 Å². The van der Waals surface area contributed by atoms with E-state index in [0.29, 0.717) is 26.1 Å². The summed E-state index contributed by atoms with van der Waals surface area (Å²) in [5, 5.41) is 2.91. The van der Waals surface area contributed by atoms with E-state index in [1.165, 1.54) is 24.0 Å². The van der Waals surface area contributed by atoms with Crippen molar-refractivity contribution >= 4 is 11.8 Å². The highest BCUT2D eigenvalue weighted by molar-refractivity contribution is 5.79. The van der Waals surface area contributed by atoms with Gasteiger partial charge in [-0.05, 0) is 42.4 Å². The number of piperazine rings is 1. The monoisotopic (exact) mass is 343 g/mol. The summed E-state index contributed by atoms with van der Waals surface area (Å²) in [6.45, 7) is 6.19. The number of nitrogens with zero attached hydrogens (tertiary/aromatic N) is 2.